The lowest BCUT2D eigenvalue weighted by molar-refractivity contribution is 0.0662. The standard InChI is InChI=1S/C23H23N7O2/c1-14-8-15(10-24)11-27-22(14)23(31)29-17-2-3-20(25)19(9-17)21(26)16-12-28-30(13-16)18-4-6-32-7-5-18/h2-3,8-9,11-13,18,26H,4-7,25H2,1H3,(H,29,31). The van der Waals surface area contributed by atoms with Crippen LogP contribution in [0.25, 0.3) is 0 Å². The van der Waals surface area contributed by atoms with Crippen molar-refractivity contribution in [1.82, 2.24) is 14.8 Å². The van der Waals surface area contributed by atoms with Crippen LogP contribution in [0.3, 0.4) is 0 Å². The number of ether oxygens (including phenoxy) is 1. The van der Waals surface area contributed by atoms with Gasteiger partial charge in [0.25, 0.3) is 5.91 Å². The van der Waals surface area contributed by atoms with E-state index in [1.807, 2.05) is 16.9 Å². The van der Waals surface area contributed by atoms with Gasteiger partial charge in [0, 0.05) is 48.1 Å². The fraction of sp³-hybridized carbons (Fsp3) is 0.261. The fourth-order valence-corrected chi connectivity index (χ4v) is 3.69. The van der Waals surface area contributed by atoms with Crippen molar-refractivity contribution >= 4 is 23.0 Å². The number of nitrogens with one attached hydrogen (secondary N) is 2. The Morgan fingerprint density at radius 1 is 1.31 bits per heavy atom. The first-order valence-electron chi connectivity index (χ1n) is 10.2. The summed E-state index contributed by atoms with van der Waals surface area (Å²) in [5.41, 5.74) is 9.66. The van der Waals surface area contributed by atoms with Gasteiger partial charge in [-0.15, -0.1) is 0 Å². The second-order valence-electron chi connectivity index (χ2n) is 7.69. The lowest BCUT2D eigenvalue weighted by atomic mass is 10.0. The molecule has 1 aliphatic heterocycles. The molecule has 3 heterocycles. The molecule has 0 bridgehead atoms. The van der Waals surface area contributed by atoms with E-state index in [4.69, 9.17) is 21.1 Å². The van der Waals surface area contributed by atoms with Crippen LogP contribution in [0.5, 0.6) is 0 Å². The van der Waals surface area contributed by atoms with Crippen LogP contribution < -0.4 is 11.1 Å². The molecule has 1 fully saturated rings. The van der Waals surface area contributed by atoms with Gasteiger partial charge in [0.2, 0.25) is 0 Å². The van der Waals surface area contributed by atoms with Crippen LogP contribution in [0.2, 0.25) is 0 Å². The van der Waals surface area contributed by atoms with Crippen LogP contribution >= 0.6 is 0 Å². The number of amides is 1. The van der Waals surface area contributed by atoms with E-state index in [1.165, 1.54) is 6.20 Å². The maximum Gasteiger partial charge on any atom is 0.274 e. The number of carbonyl (C=O) groups excluding carboxylic acids is 1. The molecule has 162 valence electrons. The molecule has 1 saturated heterocycles. The Hall–Kier alpha value is -4.03. The average molecular weight is 429 g/mol. The number of nitrogen functional groups attached to an aromatic ring is 1. The molecule has 0 aliphatic carbocycles. The molecular formula is C23H23N7O2. The van der Waals surface area contributed by atoms with E-state index < -0.39 is 5.91 Å². The monoisotopic (exact) mass is 429 g/mol. The maximum atomic E-state index is 12.7. The molecule has 0 atom stereocenters. The third-order valence-corrected chi connectivity index (χ3v) is 5.46. The summed E-state index contributed by atoms with van der Waals surface area (Å²) in [6.07, 6.45) is 6.66. The van der Waals surface area contributed by atoms with Crippen LogP contribution in [0.4, 0.5) is 11.4 Å². The molecule has 4 rings (SSSR count). The molecule has 1 aliphatic rings. The number of anilines is 2. The van der Waals surface area contributed by atoms with E-state index in [-0.39, 0.29) is 17.4 Å². The third kappa shape index (κ3) is 4.36. The van der Waals surface area contributed by atoms with E-state index in [9.17, 15) is 4.79 Å². The number of benzene rings is 1. The largest absolute Gasteiger partial charge is 0.398 e. The van der Waals surface area contributed by atoms with Gasteiger partial charge in [-0.25, -0.2) is 4.98 Å². The normalized spacial score (nSPS) is 14.0. The molecule has 9 nitrogen and oxygen atoms in total. The topological polar surface area (TPSA) is 143 Å². The Kier molecular flexibility index (Phi) is 5.96. The SMILES string of the molecule is Cc1cc(C#N)cnc1C(=O)Nc1ccc(N)c(C(=N)c2cnn(C3CCOCC3)c2)c1. The number of carbonyl (C=O) groups is 1. The Balaban J connectivity index is 1.54. The number of rotatable bonds is 5. The minimum absolute atomic E-state index is 0.226. The predicted octanol–water partition coefficient (Wildman–Crippen LogP) is 3.06. The summed E-state index contributed by atoms with van der Waals surface area (Å²) in [6, 6.07) is 8.87. The van der Waals surface area contributed by atoms with Crippen molar-refractivity contribution in [2.75, 3.05) is 24.3 Å². The van der Waals surface area contributed by atoms with E-state index in [1.54, 1.807) is 37.4 Å². The van der Waals surface area contributed by atoms with Crippen molar-refractivity contribution in [2.24, 2.45) is 0 Å². The number of pyridine rings is 1. The van der Waals surface area contributed by atoms with Gasteiger partial charge >= 0.3 is 0 Å². The zero-order chi connectivity index (χ0) is 22.7. The summed E-state index contributed by atoms with van der Waals surface area (Å²) >= 11 is 0. The Morgan fingerprint density at radius 3 is 2.81 bits per heavy atom. The van der Waals surface area contributed by atoms with Gasteiger partial charge in [-0.1, -0.05) is 0 Å². The molecule has 0 radical (unpaired) electrons. The molecule has 0 saturated carbocycles. The highest BCUT2D eigenvalue weighted by Crippen LogP contribution is 2.24. The molecule has 1 amide bonds. The number of nitriles is 1. The van der Waals surface area contributed by atoms with E-state index in [0.717, 1.165) is 12.8 Å². The summed E-state index contributed by atoms with van der Waals surface area (Å²) < 4.78 is 7.29. The molecule has 0 spiro atoms. The lowest BCUT2D eigenvalue weighted by Gasteiger charge is -2.22. The molecule has 1 aromatic carbocycles. The van der Waals surface area contributed by atoms with Crippen molar-refractivity contribution in [2.45, 2.75) is 25.8 Å². The first-order chi connectivity index (χ1) is 15.5. The average Bonchev–Trinajstić information content (AvgIpc) is 3.30. The van der Waals surface area contributed by atoms with Crippen molar-refractivity contribution in [3.8, 4) is 6.07 Å². The highest BCUT2D eigenvalue weighted by Gasteiger charge is 2.19. The van der Waals surface area contributed by atoms with Crippen LogP contribution in [0, 0.1) is 23.7 Å². The third-order valence-electron chi connectivity index (χ3n) is 5.46. The number of nitrogens with two attached hydrogens (primary N) is 1. The maximum absolute atomic E-state index is 12.7. The predicted molar refractivity (Wildman–Crippen MR) is 120 cm³/mol. The van der Waals surface area contributed by atoms with Crippen LogP contribution in [-0.4, -0.2) is 39.6 Å². The first kappa shape index (κ1) is 21.2. The molecule has 3 aromatic rings. The van der Waals surface area contributed by atoms with Gasteiger partial charge in [-0.2, -0.15) is 10.4 Å². The Labute approximate surface area is 185 Å². The summed E-state index contributed by atoms with van der Waals surface area (Å²) in [5, 5.41) is 24.8. The van der Waals surface area contributed by atoms with Crippen LogP contribution in [-0.2, 0) is 4.74 Å². The van der Waals surface area contributed by atoms with Crippen molar-refractivity contribution in [3.63, 3.8) is 0 Å². The van der Waals surface area contributed by atoms with Gasteiger partial charge in [-0.05, 0) is 49.6 Å². The van der Waals surface area contributed by atoms with Crippen molar-refractivity contribution in [3.05, 3.63) is 70.8 Å². The summed E-state index contributed by atoms with van der Waals surface area (Å²) in [4.78, 5) is 16.8. The molecular weight excluding hydrogens is 406 g/mol. The Bertz CT molecular complexity index is 1220. The van der Waals surface area contributed by atoms with E-state index in [0.29, 0.717) is 46.8 Å². The van der Waals surface area contributed by atoms with Gasteiger partial charge in [0.05, 0.1) is 23.5 Å². The number of aryl methyl sites for hydroxylation is 1. The first-order valence-corrected chi connectivity index (χ1v) is 10.2. The number of nitrogens with zero attached hydrogens (tertiary/aromatic N) is 4. The number of hydrogen-bond acceptors (Lipinski definition) is 7. The quantitative estimate of drug-likeness (QED) is 0.420. The van der Waals surface area contributed by atoms with Gasteiger partial charge < -0.3 is 15.8 Å². The molecule has 9 heteroatoms. The number of aromatic nitrogens is 3. The van der Waals surface area contributed by atoms with Crippen LogP contribution in [0.15, 0.2) is 42.9 Å². The second kappa shape index (κ2) is 8.99. The summed E-state index contributed by atoms with van der Waals surface area (Å²) in [7, 11) is 0. The van der Waals surface area contributed by atoms with Crippen molar-refractivity contribution < 1.29 is 9.53 Å². The van der Waals surface area contributed by atoms with E-state index >= 15 is 0 Å². The minimum Gasteiger partial charge on any atom is -0.398 e. The second-order valence-corrected chi connectivity index (χ2v) is 7.69. The summed E-state index contributed by atoms with van der Waals surface area (Å²) in [6.45, 7) is 3.14. The van der Waals surface area contributed by atoms with Crippen molar-refractivity contribution in [1.29, 1.82) is 10.7 Å². The molecule has 2 aromatic heterocycles. The molecule has 0 unspecified atom stereocenters. The smallest absolute Gasteiger partial charge is 0.274 e. The Morgan fingerprint density at radius 2 is 2.09 bits per heavy atom. The van der Waals surface area contributed by atoms with E-state index in [2.05, 4.69) is 15.4 Å². The summed E-state index contributed by atoms with van der Waals surface area (Å²) in [5.74, 6) is -0.401. The van der Waals surface area contributed by atoms with Gasteiger partial charge in [-0.3, -0.25) is 14.9 Å². The fourth-order valence-electron chi connectivity index (χ4n) is 3.69. The van der Waals surface area contributed by atoms with Gasteiger partial charge in [0.1, 0.15) is 11.8 Å². The molecule has 4 N–H and O–H groups in total. The van der Waals surface area contributed by atoms with Crippen LogP contribution in [0.1, 0.15) is 51.6 Å². The zero-order valence-corrected chi connectivity index (χ0v) is 17.6. The zero-order valence-electron chi connectivity index (χ0n) is 17.6. The number of hydrogen-bond donors (Lipinski definition) is 3. The highest BCUT2D eigenvalue weighted by molar-refractivity contribution is 6.14. The lowest BCUT2D eigenvalue weighted by Crippen LogP contribution is -2.19. The minimum atomic E-state index is -0.401. The van der Waals surface area contributed by atoms with Gasteiger partial charge in [0.15, 0.2) is 0 Å². The molecule has 32 heavy (non-hydrogen) atoms. The highest BCUT2D eigenvalue weighted by atomic mass is 16.5.